The number of benzene rings is 1. The van der Waals surface area contributed by atoms with Gasteiger partial charge in [0.1, 0.15) is 5.75 Å². The van der Waals surface area contributed by atoms with Crippen LogP contribution in [-0.4, -0.2) is 25.1 Å². The molecule has 0 bridgehead atoms. The van der Waals surface area contributed by atoms with Crippen molar-refractivity contribution in [3.8, 4) is 5.75 Å². The van der Waals surface area contributed by atoms with Crippen molar-refractivity contribution in [3.63, 3.8) is 0 Å². The largest absolute Gasteiger partial charge is 0.494 e. The van der Waals surface area contributed by atoms with Gasteiger partial charge in [-0.25, -0.2) is 0 Å². The van der Waals surface area contributed by atoms with E-state index in [-0.39, 0.29) is 24.2 Å². The number of nitrogens with two attached hydrogens (primary N) is 1. The summed E-state index contributed by atoms with van der Waals surface area (Å²) in [7, 11) is 0. The van der Waals surface area contributed by atoms with Crippen LogP contribution < -0.4 is 15.8 Å². The Hall–Kier alpha value is -1.26. The van der Waals surface area contributed by atoms with E-state index in [2.05, 4.69) is 5.32 Å². The van der Waals surface area contributed by atoms with E-state index < -0.39 is 6.04 Å². The fraction of sp³-hybridized carbons (Fsp3) is 0.533. The summed E-state index contributed by atoms with van der Waals surface area (Å²) in [5.41, 5.74) is 5.83. The van der Waals surface area contributed by atoms with Crippen LogP contribution >= 0.6 is 12.4 Å². The number of carbonyl (C=O) groups is 1. The topological polar surface area (TPSA) is 64.4 Å². The fourth-order valence-electron chi connectivity index (χ4n) is 1.62. The van der Waals surface area contributed by atoms with Crippen LogP contribution in [0, 0.1) is 5.92 Å². The van der Waals surface area contributed by atoms with Crippen molar-refractivity contribution in [2.45, 2.75) is 32.7 Å². The number of ether oxygens (including phenoxy) is 1. The first kappa shape index (κ1) is 18.7. The lowest BCUT2D eigenvalue weighted by Gasteiger charge is -2.17. The van der Waals surface area contributed by atoms with E-state index in [0.717, 1.165) is 18.6 Å². The molecule has 3 N–H and O–H groups in total. The predicted molar refractivity (Wildman–Crippen MR) is 84.2 cm³/mol. The molecule has 0 saturated heterocycles. The standard InChI is InChI=1S/C15H24N2O2.ClH/c1-3-12(2)14(16)15(18)17-10-7-11-19-13-8-5-4-6-9-13;/h4-6,8-9,12,14H,3,7,10-11,16H2,1-2H3,(H,17,18);1H. The van der Waals surface area contributed by atoms with E-state index in [1.54, 1.807) is 0 Å². The second-order valence-electron chi connectivity index (χ2n) is 4.72. The van der Waals surface area contributed by atoms with Crippen LogP contribution in [0.25, 0.3) is 0 Å². The van der Waals surface area contributed by atoms with Crippen LogP contribution in [0.1, 0.15) is 26.7 Å². The molecule has 20 heavy (non-hydrogen) atoms. The molecule has 0 aliphatic rings. The van der Waals surface area contributed by atoms with Gasteiger partial charge in [0, 0.05) is 6.54 Å². The molecule has 1 aromatic carbocycles. The van der Waals surface area contributed by atoms with Crippen LogP contribution in [0.3, 0.4) is 0 Å². The Labute approximate surface area is 127 Å². The lowest BCUT2D eigenvalue weighted by molar-refractivity contribution is -0.123. The highest BCUT2D eigenvalue weighted by Crippen LogP contribution is 2.08. The fourth-order valence-corrected chi connectivity index (χ4v) is 1.62. The number of nitrogens with one attached hydrogen (secondary N) is 1. The van der Waals surface area contributed by atoms with Crippen molar-refractivity contribution in [1.82, 2.24) is 5.32 Å². The maximum absolute atomic E-state index is 11.7. The van der Waals surface area contributed by atoms with E-state index in [4.69, 9.17) is 10.5 Å². The number of hydrogen-bond donors (Lipinski definition) is 2. The molecule has 0 aliphatic heterocycles. The summed E-state index contributed by atoms with van der Waals surface area (Å²) >= 11 is 0. The van der Waals surface area contributed by atoms with E-state index in [0.29, 0.717) is 13.2 Å². The molecule has 0 radical (unpaired) electrons. The van der Waals surface area contributed by atoms with E-state index in [1.165, 1.54) is 0 Å². The lowest BCUT2D eigenvalue weighted by atomic mass is 9.99. The molecule has 1 rings (SSSR count). The summed E-state index contributed by atoms with van der Waals surface area (Å²) in [6.07, 6.45) is 1.68. The third-order valence-corrected chi connectivity index (χ3v) is 3.19. The summed E-state index contributed by atoms with van der Waals surface area (Å²) in [5, 5.41) is 2.84. The van der Waals surface area contributed by atoms with Crippen molar-refractivity contribution in [2.75, 3.05) is 13.2 Å². The maximum Gasteiger partial charge on any atom is 0.237 e. The van der Waals surface area contributed by atoms with Gasteiger partial charge in [-0.2, -0.15) is 0 Å². The number of para-hydroxylation sites is 1. The smallest absolute Gasteiger partial charge is 0.237 e. The minimum Gasteiger partial charge on any atom is -0.494 e. The molecule has 2 unspecified atom stereocenters. The SMILES string of the molecule is CCC(C)C(N)C(=O)NCCCOc1ccccc1.Cl. The van der Waals surface area contributed by atoms with Crippen LogP contribution in [0.5, 0.6) is 5.75 Å². The van der Waals surface area contributed by atoms with Crippen molar-refractivity contribution in [3.05, 3.63) is 30.3 Å². The molecule has 0 saturated carbocycles. The van der Waals surface area contributed by atoms with Gasteiger partial charge in [-0.3, -0.25) is 4.79 Å². The van der Waals surface area contributed by atoms with Crippen LogP contribution in [-0.2, 0) is 4.79 Å². The van der Waals surface area contributed by atoms with E-state index in [1.807, 2.05) is 44.2 Å². The molecule has 1 amide bonds. The zero-order valence-corrected chi connectivity index (χ0v) is 13.0. The molecule has 1 aromatic rings. The van der Waals surface area contributed by atoms with Crippen molar-refractivity contribution < 1.29 is 9.53 Å². The summed E-state index contributed by atoms with van der Waals surface area (Å²) < 4.78 is 5.53. The maximum atomic E-state index is 11.7. The summed E-state index contributed by atoms with van der Waals surface area (Å²) in [4.78, 5) is 11.7. The minimum atomic E-state index is -0.417. The molecule has 0 spiro atoms. The quantitative estimate of drug-likeness (QED) is 0.725. The molecule has 2 atom stereocenters. The molecule has 0 heterocycles. The normalized spacial score (nSPS) is 12.9. The van der Waals surface area contributed by atoms with Crippen molar-refractivity contribution in [1.29, 1.82) is 0 Å². The molecule has 114 valence electrons. The average Bonchev–Trinajstić information content (AvgIpc) is 2.46. The molecule has 0 fully saturated rings. The Bertz CT molecular complexity index is 373. The van der Waals surface area contributed by atoms with Crippen molar-refractivity contribution in [2.24, 2.45) is 11.7 Å². The summed E-state index contributed by atoms with van der Waals surface area (Å²) in [6.45, 7) is 5.20. The highest BCUT2D eigenvalue weighted by Gasteiger charge is 2.18. The molecule has 0 aromatic heterocycles. The number of rotatable bonds is 8. The first-order valence-corrected chi connectivity index (χ1v) is 6.86. The monoisotopic (exact) mass is 300 g/mol. The third kappa shape index (κ3) is 6.78. The molecular weight excluding hydrogens is 276 g/mol. The zero-order chi connectivity index (χ0) is 14.1. The van der Waals surface area contributed by atoms with Gasteiger partial charge in [0.05, 0.1) is 12.6 Å². The van der Waals surface area contributed by atoms with E-state index in [9.17, 15) is 4.79 Å². The highest BCUT2D eigenvalue weighted by atomic mass is 35.5. The molecule has 0 aliphatic carbocycles. The van der Waals surface area contributed by atoms with Gasteiger partial charge in [0.25, 0.3) is 0 Å². The number of halogens is 1. The molecule has 4 nitrogen and oxygen atoms in total. The highest BCUT2D eigenvalue weighted by molar-refractivity contribution is 5.85. The van der Waals surface area contributed by atoms with Crippen LogP contribution in [0.2, 0.25) is 0 Å². The Morgan fingerprint density at radius 2 is 2.00 bits per heavy atom. The van der Waals surface area contributed by atoms with Gasteiger partial charge < -0.3 is 15.8 Å². The van der Waals surface area contributed by atoms with Gasteiger partial charge in [0.2, 0.25) is 5.91 Å². The summed E-state index contributed by atoms with van der Waals surface area (Å²) in [6, 6.07) is 9.22. The average molecular weight is 301 g/mol. The molecule has 5 heteroatoms. The number of amides is 1. The molecular formula is C15H25ClN2O2. The van der Waals surface area contributed by atoms with E-state index >= 15 is 0 Å². The minimum absolute atomic E-state index is 0. The first-order chi connectivity index (χ1) is 9.15. The van der Waals surface area contributed by atoms with Crippen LogP contribution in [0.4, 0.5) is 0 Å². The Balaban J connectivity index is 0.00000361. The van der Waals surface area contributed by atoms with Gasteiger partial charge in [-0.1, -0.05) is 38.5 Å². The first-order valence-electron chi connectivity index (χ1n) is 6.86. The Morgan fingerprint density at radius 1 is 1.35 bits per heavy atom. The van der Waals surface area contributed by atoms with Crippen LogP contribution in [0.15, 0.2) is 30.3 Å². The zero-order valence-electron chi connectivity index (χ0n) is 12.2. The predicted octanol–water partition coefficient (Wildman–Crippen LogP) is 2.37. The Kier molecular flexibility index (Phi) is 9.86. The van der Waals surface area contributed by atoms with Gasteiger partial charge in [-0.05, 0) is 24.5 Å². The second-order valence-corrected chi connectivity index (χ2v) is 4.72. The van der Waals surface area contributed by atoms with Gasteiger partial charge in [-0.15, -0.1) is 12.4 Å². The van der Waals surface area contributed by atoms with Gasteiger partial charge >= 0.3 is 0 Å². The summed E-state index contributed by atoms with van der Waals surface area (Å²) in [5.74, 6) is 0.986. The number of carbonyl (C=O) groups excluding carboxylic acids is 1. The second kappa shape index (κ2) is 10.5. The number of hydrogen-bond acceptors (Lipinski definition) is 3. The van der Waals surface area contributed by atoms with Crippen molar-refractivity contribution >= 4 is 18.3 Å². The third-order valence-electron chi connectivity index (χ3n) is 3.19. The van der Waals surface area contributed by atoms with Gasteiger partial charge in [0.15, 0.2) is 0 Å². The Morgan fingerprint density at radius 3 is 2.60 bits per heavy atom. The lowest BCUT2D eigenvalue weighted by Crippen LogP contribution is -2.45.